The van der Waals surface area contributed by atoms with Gasteiger partial charge in [-0.1, -0.05) is 25.4 Å². The molecule has 2 aromatic heterocycles. The number of anilines is 2. The molecule has 0 aliphatic carbocycles. The van der Waals surface area contributed by atoms with E-state index < -0.39 is 40.7 Å². The summed E-state index contributed by atoms with van der Waals surface area (Å²) in [5.41, 5.74) is 0.174. The van der Waals surface area contributed by atoms with Crippen molar-refractivity contribution in [3.05, 3.63) is 71.4 Å². The largest absolute Gasteiger partial charge is 0.465 e. The van der Waals surface area contributed by atoms with Gasteiger partial charge in [-0.25, -0.2) is 24.5 Å². The van der Waals surface area contributed by atoms with Crippen LogP contribution in [0.15, 0.2) is 55.1 Å². The van der Waals surface area contributed by atoms with E-state index in [2.05, 4.69) is 30.9 Å². The Labute approximate surface area is 235 Å². The molecule has 0 spiro atoms. The number of fused-ring (bicyclic) bond motifs is 1. The molecular formula is C26H23ClF3N7O4. The van der Waals surface area contributed by atoms with Gasteiger partial charge in [0.1, 0.15) is 23.9 Å². The standard InChI is InChI=1S/C26H23ClF3N7O4/c1-13(2)9-19(36-25(40)41)22(38)20-21-23(32-11-31-20)37(12-33-21)16-6-3-14(4-7-16)34-24(39)35-15-5-8-18(27)17(10-15)26(28,29)30/h3-8,10-13,19,36H,9H2,1-2H3,(H,40,41)(H2,34,35,39). The lowest BCUT2D eigenvalue weighted by Gasteiger charge is -2.17. The maximum absolute atomic E-state index is 13.2. The first-order valence-electron chi connectivity index (χ1n) is 12.1. The Bertz CT molecular complexity index is 1610. The molecule has 0 radical (unpaired) electrons. The molecule has 0 saturated heterocycles. The van der Waals surface area contributed by atoms with Gasteiger partial charge in [-0.15, -0.1) is 0 Å². The van der Waals surface area contributed by atoms with Crippen LogP contribution in [0.2, 0.25) is 5.02 Å². The number of amides is 3. The summed E-state index contributed by atoms with van der Waals surface area (Å²) in [5.74, 6) is -0.504. The zero-order valence-corrected chi connectivity index (χ0v) is 22.3. The highest BCUT2D eigenvalue weighted by molar-refractivity contribution is 6.31. The minimum absolute atomic E-state index is 0.0287. The van der Waals surface area contributed by atoms with E-state index in [0.29, 0.717) is 17.0 Å². The number of halogens is 4. The molecule has 2 aromatic carbocycles. The number of imidazole rings is 1. The van der Waals surface area contributed by atoms with Gasteiger partial charge in [0.05, 0.1) is 16.6 Å². The van der Waals surface area contributed by atoms with Gasteiger partial charge < -0.3 is 21.1 Å². The van der Waals surface area contributed by atoms with Crippen molar-refractivity contribution in [2.45, 2.75) is 32.5 Å². The number of nitrogens with one attached hydrogen (secondary N) is 3. The molecule has 0 saturated carbocycles. The molecule has 0 fully saturated rings. The molecule has 0 bridgehead atoms. The third-order valence-electron chi connectivity index (χ3n) is 5.82. The first-order chi connectivity index (χ1) is 19.3. The summed E-state index contributed by atoms with van der Waals surface area (Å²) in [6, 6.07) is 7.57. The number of rotatable bonds is 8. The summed E-state index contributed by atoms with van der Waals surface area (Å²) in [4.78, 5) is 49.3. The van der Waals surface area contributed by atoms with Gasteiger partial charge in [-0.2, -0.15) is 13.2 Å². The van der Waals surface area contributed by atoms with Crippen LogP contribution in [0.4, 0.5) is 34.1 Å². The number of benzene rings is 2. The number of alkyl halides is 3. The molecular weight excluding hydrogens is 567 g/mol. The van der Waals surface area contributed by atoms with Crippen LogP contribution in [0.3, 0.4) is 0 Å². The maximum atomic E-state index is 13.2. The minimum atomic E-state index is -4.68. The zero-order chi connectivity index (χ0) is 29.9. The molecule has 2 heterocycles. The van der Waals surface area contributed by atoms with E-state index in [0.717, 1.165) is 12.1 Å². The van der Waals surface area contributed by atoms with Crippen LogP contribution in [-0.4, -0.2) is 48.6 Å². The van der Waals surface area contributed by atoms with Crippen LogP contribution >= 0.6 is 11.6 Å². The molecule has 15 heteroatoms. The highest BCUT2D eigenvalue weighted by atomic mass is 35.5. The van der Waals surface area contributed by atoms with E-state index in [1.165, 1.54) is 18.7 Å². The molecule has 11 nitrogen and oxygen atoms in total. The monoisotopic (exact) mass is 589 g/mol. The molecule has 0 aliphatic heterocycles. The second-order valence-corrected chi connectivity index (χ2v) is 9.73. The first kappa shape index (κ1) is 29.3. The molecule has 4 N–H and O–H groups in total. The molecule has 1 unspecified atom stereocenters. The van der Waals surface area contributed by atoms with E-state index in [1.54, 1.807) is 28.8 Å². The zero-order valence-electron chi connectivity index (χ0n) is 21.5. The fraction of sp³-hybridized carbons (Fsp3) is 0.231. The Morgan fingerprint density at radius 2 is 1.66 bits per heavy atom. The van der Waals surface area contributed by atoms with Crippen molar-refractivity contribution in [1.82, 2.24) is 24.8 Å². The number of hydrogen-bond donors (Lipinski definition) is 4. The van der Waals surface area contributed by atoms with Crippen molar-refractivity contribution >= 4 is 52.0 Å². The fourth-order valence-electron chi connectivity index (χ4n) is 4.04. The second-order valence-electron chi connectivity index (χ2n) is 9.32. The van der Waals surface area contributed by atoms with Crippen molar-refractivity contribution in [2.75, 3.05) is 10.6 Å². The average molecular weight is 590 g/mol. The normalized spacial score (nSPS) is 12.3. The second kappa shape index (κ2) is 11.8. The number of urea groups is 1. The molecule has 0 aliphatic rings. The van der Waals surface area contributed by atoms with Gasteiger partial charge in [0, 0.05) is 17.1 Å². The number of carbonyl (C=O) groups is 3. The van der Waals surface area contributed by atoms with Gasteiger partial charge in [0.25, 0.3) is 0 Å². The SMILES string of the molecule is CC(C)CC(NC(=O)O)C(=O)c1ncnc2c1ncn2-c1ccc(NC(=O)Nc2ccc(Cl)c(C(F)(F)F)c2)cc1. The third kappa shape index (κ3) is 6.90. The fourth-order valence-corrected chi connectivity index (χ4v) is 4.26. The Hall–Kier alpha value is -4.72. The number of ketones is 1. The van der Waals surface area contributed by atoms with Crippen LogP contribution in [0, 0.1) is 5.92 Å². The number of carbonyl (C=O) groups excluding carboxylic acids is 2. The van der Waals surface area contributed by atoms with Crippen LogP contribution in [0.5, 0.6) is 0 Å². The van der Waals surface area contributed by atoms with Gasteiger partial charge in [0.2, 0.25) is 5.78 Å². The third-order valence-corrected chi connectivity index (χ3v) is 6.15. The number of aromatic nitrogens is 4. The Kier molecular flexibility index (Phi) is 8.42. The molecule has 4 aromatic rings. The molecule has 3 amide bonds. The van der Waals surface area contributed by atoms with Crippen molar-refractivity contribution < 1.29 is 32.7 Å². The van der Waals surface area contributed by atoms with E-state index >= 15 is 0 Å². The minimum Gasteiger partial charge on any atom is -0.465 e. The first-order valence-corrected chi connectivity index (χ1v) is 12.5. The van der Waals surface area contributed by atoms with Gasteiger partial charge in [-0.3, -0.25) is 9.36 Å². The maximum Gasteiger partial charge on any atom is 0.417 e. The van der Waals surface area contributed by atoms with Crippen molar-refractivity contribution in [2.24, 2.45) is 5.92 Å². The van der Waals surface area contributed by atoms with E-state index in [-0.39, 0.29) is 29.2 Å². The smallest absolute Gasteiger partial charge is 0.417 e. The quantitative estimate of drug-likeness (QED) is 0.184. The Morgan fingerprint density at radius 1 is 1.00 bits per heavy atom. The summed E-state index contributed by atoms with van der Waals surface area (Å²) >= 11 is 5.61. The Balaban J connectivity index is 1.51. The van der Waals surface area contributed by atoms with E-state index in [1.807, 2.05) is 13.8 Å². The topological polar surface area (TPSA) is 151 Å². The lowest BCUT2D eigenvalue weighted by atomic mass is 9.98. The Morgan fingerprint density at radius 3 is 2.29 bits per heavy atom. The predicted octanol–water partition coefficient (Wildman–Crippen LogP) is 6.00. The number of nitrogens with zero attached hydrogens (tertiary/aromatic N) is 4. The lowest BCUT2D eigenvalue weighted by molar-refractivity contribution is -0.137. The van der Waals surface area contributed by atoms with Gasteiger partial charge in [0.15, 0.2) is 5.65 Å². The summed E-state index contributed by atoms with van der Waals surface area (Å²) in [5, 5.41) is 15.8. The van der Waals surface area contributed by atoms with Crippen LogP contribution < -0.4 is 16.0 Å². The summed E-state index contributed by atoms with van der Waals surface area (Å²) in [7, 11) is 0. The molecule has 214 valence electrons. The molecule has 41 heavy (non-hydrogen) atoms. The average Bonchev–Trinajstić information content (AvgIpc) is 3.32. The molecule has 1 atom stereocenters. The highest BCUT2D eigenvalue weighted by Gasteiger charge is 2.33. The molecule has 4 rings (SSSR count). The summed E-state index contributed by atoms with van der Waals surface area (Å²) in [6.45, 7) is 3.72. The van der Waals surface area contributed by atoms with E-state index in [4.69, 9.17) is 16.7 Å². The number of carboxylic acid groups (broad SMARTS) is 1. The number of hydrogen-bond acceptors (Lipinski definition) is 6. The van der Waals surface area contributed by atoms with Crippen molar-refractivity contribution in [1.29, 1.82) is 0 Å². The van der Waals surface area contributed by atoms with Crippen molar-refractivity contribution in [3.63, 3.8) is 0 Å². The predicted molar refractivity (Wildman–Crippen MR) is 144 cm³/mol. The van der Waals surface area contributed by atoms with Crippen molar-refractivity contribution in [3.8, 4) is 5.69 Å². The van der Waals surface area contributed by atoms with Crippen LogP contribution in [-0.2, 0) is 6.18 Å². The van der Waals surface area contributed by atoms with Crippen LogP contribution in [0.25, 0.3) is 16.9 Å². The number of Topliss-reactive ketones (excluding diaryl/α,β-unsaturated/α-hetero) is 1. The van der Waals surface area contributed by atoms with Gasteiger partial charge in [-0.05, 0) is 54.8 Å². The van der Waals surface area contributed by atoms with Gasteiger partial charge >= 0.3 is 18.3 Å². The lowest BCUT2D eigenvalue weighted by Crippen LogP contribution is -2.41. The summed E-state index contributed by atoms with van der Waals surface area (Å²) in [6.07, 6.45) is -3.14. The highest BCUT2D eigenvalue weighted by Crippen LogP contribution is 2.36. The van der Waals surface area contributed by atoms with E-state index in [9.17, 15) is 27.6 Å². The van der Waals surface area contributed by atoms with Crippen LogP contribution in [0.1, 0.15) is 36.3 Å². The summed E-state index contributed by atoms with van der Waals surface area (Å²) < 4.78 is 40.8.